The van der Waals surface area contributed by atoms with Crippen LogP contribution in [0, 0.1) is 12.3 Å². The topological polar surface area (TPSA) is 64.3 Å². The molecule has 0 saturated carbocycles. The Morgan fingerprint density at radius 1 is 1.41 bits per heavy atom. The summed E-state index contributed by atoms with van der Waals surface area (Å²) in [5, 5.41) is 0. The molecule has 0 spiro atoms. The monoisotopic (exact) mass is 236 g/mol. The highest BCUT2D eigenvalue weighted by Gasteiger charge is 2.26. The van der Waals surface area contributed by atoms with Crippen molar-refractivity contribution < 1.29 is 4.74 Å². The Bertz CT molecular complexity index is 385. The van der Waals surface area contributed by atoms with E-state index < -0.39 is 0 Å². The summed E-state index contributed by atoms with van der Waals surface area (Å²) >= 11 is 0. The van der Waals surface area contributed by atoms with Gasteiger partial charge in [0.15, 0.2) is 0 Å². The molecule has 2 heterocycles. The van der Waals surface area contributed by atoms with E-state index in [1.807, 2.05) is 6.92 Å². The fraction of sp³-hybridized carbons (Fsp3) is 0.667. The third kappa shape index (κ3) is 3.06. The minimum Gasteiger partial charge on any atom is -0.384 e. The van der Waals surface area contributed by atoms with Gasteiger partial charge in [0.2, 0.25) is 5.95 Å². The number of hydrogen-bond acceptors (Lipinski definition) is 5. The van der Waals surface area contributed by atoms with Crippen LogP contribution in [0.3, 0.4) is 0 Å². The van der Waals surface area contributed by atoms with Gasteiger partial charge in [-0.05, 0) is 6.92 Å². The molecule has 1 aromatic heterocycles. The molecule has 0 aliphatic carbocycles. The number of rotatable bonds is 1. The molecular weight excluding hydrogens is 216 g/mol. The van der Waals surface area contributed by atoms with Crippen LogP contribution < -0.4 is 10.6 Å². The third-order valence-electron chi connectivity index (χ3n) is 2.76. The van der Waals surface area contributed by atoms with Crippen molar-refractivity contribution in [1.82, 2.24) is 9.97 Å². The largest absolute Gasteiger partial charge is 0.384 e. The zero-order valence-electron chi connectivity index (χ0n) is 10.7. The van der Waals surface area contributed by atoms with Gasteiger partial charge < -0.3 is 15.4 Å². The van der Waals surface area contributed by atoms with E-state index in [0.717, 1.165) is 25.4 Å². The number of anilines is 2. The predicted octanol–water partition coefficient (Wildman–Crippen LogP) is 1.23. The van der Waals surface area contributed by atoms with Crippen molar-refractivity contribution >= 4 is 11.8 Å². The summed E-state index contributed by atoms with van der Waals surface area (Å²) in [6.07, 6.45) is 0. The number of ether oxygens (including phenoxy) is 1. The van der Waals surface area contributed by atoms with Crippen molar-refractivity contribution in [3.8, 4) is 0 Å². The first kappa shape index (κ1) is 12.1. The van der Waals surface area contributed by atoms with Crippen LogP contribution in [0.1, 0.15) is 19.5 Å². The maximum absolute atomic E-state index is 5.76. The van der Waals surface area contributed by atoms with Crippen molar-refractivity contribution in [3.63, 3.8) is 0 Å². The van der Waals surface area contributed by atoms with E-state index in [9.17, 15) is 0 Å². The first-order chi connectivity index (χ1) is 7.96. The summed E-state index contributed by atoms with van der Waals surface area (Å²) in [6.45, 7) is 9.48. The number of nitrogens with zero attached hydrogens (tertiary/aromatic N) is 3. The Morgan fingerprint density at radius 2 is 2.18 bits per heavy atom. The van der Waals surface area contributed by atoms with Crippen molar-refractivity contribution in [2.24, 2.45) is 5.41 Å². The fourth-order valence-electron chi connectivity index (χ4n) is 2.05. The number of nitrogens with two attached hydrogens (primary N) is 1. The van der Waals surface area contributed by atoms with E-state index in [-0.39, 0.29) is 5.41 Å². The second kappa shape index (κ2) is 4.49. The van der Waals surface area contributed by atoms with Crippen molar-refractivity contribution in [2.75, 3.05) is 36.9 Å². The minimum absolute atomic E-state index is 0.109. The predicted molar refractivity (Wildman–Crippen MR) is 68.0 cm³/mol. The Morgan fingerprint density at radius 3 is 2.88 bits per heavy atom. The molecule has 0 aromatic carbocycles. The van der Waals surface area contributed by atoms with Crippen LogP contribution in [0.4, 0.5) is 11.8 Å². The lowest BCUT2D eigenvalue weighted by Crippen LogP contribution is -2.35. The molecule has 0 radical (unpaired) electrons. The maximum atomic E-state index is 5.76. The van der Waals surface area contributed by atoms with Crippen molar-refractivity contribution in [1.29, 1.82) is 0 Å². The van der Waals surface area contributed by atoms with Crippen molar-refractivity contribution in [2.45, 2.75) is 20.8 Å². The highest BCUT2D eigenvalue weighted by Crippen LogP contribution is 2.23. The van der Waals surface area contributed by atoms with E-state index in [4.69, 9.17) is 10.5 Å². The van der Waals surface area contributed by atoms with Gasteiger partial charge in [-0.3, -0.25) is 0 Å². The lowest BCUT2D eigenvalue weighted by Gasteiger charge is -2.28. The van der Waals surface area contributed by atoms with E-state index in [2.05, 4.69) is 28.7 Å². The smallest absolute Gasteiger partial charge is 0.227 e. The first-order valence-corrected chi connectivity index (χ1v) is 5.90. The van der Waals surface area contributed by atoms with Crippen LogP contribution in [-0.4, -0.2) is 36.3 Å². The van der Waals surface area contributed by atoms with E-state index in [1.165, 1.54) is 0 Å². The number of hydrogen-bond donors (Lipinski definition) is 1. The molecule has 5 heteroatoms. The van der Waals surface area contributed by atoms with Gasteiger partial charge in [0.25, 0.3) is 0 Å². The molecule has 1 saturated heterocycles. The molecule has 0 amide bonds. The quantitative estimate of drug-likeness (QED) is 0.794. The van der Waals surface area contributed by atoms with Gasteiger partial charge in [-0.1, -0.05) is 13.8 Å². The number of nitrogen functional groups attached to an aromatic ring is 1. The molecule has 94 valence electrons. The van der Waals surface area contributed by atoms with Crippen LogP contribution in [-0.2, 0) is 4.74 Å². The normalized spacial score (nSPS) is 20.1. The molecular formula is C12H20N4O. The molecule has 0 unspecified atom stereocenters. The zero-order valence-corrected chi connectivity index (χ0v) is 10.7. The zero-order chi connectivity index (χ0) is 12.5. The first-order valence-electron chi connectivity index (χ1n) is 5.90. The van der Waals surface area contributed by atoms with Gasteiger partial charge in [0, 0.05) is 30.3 Å². The summed E-state index contributed by atoms with van der Waals surface area (Å²) in [5.74, 6) is 1.23. The fourth-order valence-corrected chi connectivity index (χ4v) is 2.05. The summed E-state index contributed by atoms with van der Waals surface area (Å²) in [5.41, 5.74) is 6.77. The standard InChI is InChI=1S/C12H20N4O/c1-9-6-10(13)15-11(14-9)16-4-5-17-8-12(2,3)7-16/h6H,4-5,7-8H2,1-3H3,(H2,13,14,15). The van der Waals surface area contributed by atoms with Crippen LogP contribution >= 0.6 is 0 Å². The lowest BCUT2D eigenvalue weighted by molar-refractivity contribution is 0.0893. The lowest BCUT2D eigenvalue weighted by atomic mass is 9.94. The van der Waals surface area contributed by atoms with E-state index in [0.29, 0.717) is 18.4 Å². The molecule has 1 fully saturated rings. The van der Waals surface area contributed by atoms with E-state index >= 15 is 0 Å². The average Bonchev–Trinajstić information content (AvgIpc) is 2.37. The van der Waals surface area contributed by atoms with Gasteiger partial charge in [-0.2, -0.15) is 4.98 Å². The van der Waals surface area contributed by atoms with Gasteiger partial charge in [-0.25, -0.2) is 4.98 Å². The van der Waals surface area contributed by atoms with Gasteiger partial charge >= 0.3 is 0 Å². The maximum Gasteiger partial charge on any atom is 0.227 e. The summed E-state index contributed by atoms with van der Waals surface area (Å²) in [6, 6.07) is 1.78. The van der Waals surface area contributed by atoms with Crippen LogP contribution in [0.25, 0.3) is 0 Å². The van der Waals surface area contributed by atoms with Crippen LogP contribution in [0.5, 0.6) is 0 Å². The summed E-state index contributed by atoms with van der Waals surface area (Å²) < 4.78 is 5.59. The van der Waals surface area contributed by atoms with Gasteiger partial charge in [0.05, 0.1) is 13.2 Å². The Hall–Kier alpha value is -1.36. The highest BCUT2D eigenvalue weighted by molar-refractivity contribution is 5.40. The Balaban J connectivity index is 2.25. The molecule has 1 aromatic rings. The second-order valence-corrected chi connectivity index (χ2v) is 5.37. The van der Waals surface area contributed by atoms with Gasteiger partial charge in [0.1, 0.15) is 5.82 Å². The molecule has 5 nitrogen and oxygen atoms in total. The Labute approximate surface area is 102 Å². The summed E-state index contributed by atoms with van der Waals surface area (Å²) in [7, 11) is 0. The average molecular weight is 236 g/mol. The van der Waals surface area contributed by atoms with E-state index in [1.54, 1.807) is 6.07 Å². The second-order valence-electron chi connectivity index (χ2n) is 5.37. The van der Waals surface area contributed by atoms with Crippen LogP contribution in [0.15, 0.2) is 6.07 Å². The third-order valence-corrected chi connectivity index (χ3v) is 2.76. The number of aryl methyl sites for hydroxylation is 1. The van der Waals surface area contributed by atoms with Crippen LogP contribution in [0.2, 0.25) is 0 Å². The molecule has 1 aliphatic heterocycles. The SMILES string of the molecule is Cc1cc(N)nc(N2CCOCC(C)(C)C2)n1. The minimum atomic E-state index is 0.109. The number of aromatic nitrogens is 2. The molecule has 2 rings (SSSR count). The van der Waals surface area contributed by atoms with Gasteiger partial charge in [-0.15, -0.1) is 0 Å². The molecule has 2 N–H and O–H groups in total. The summed E-state index contributed by atoms with van der Waals surface area (Å²) in [4.78, 5) is 10.9. The molecule has 1 aliphatic rings. The molecule has 0 bridgehead atoms. The van der Waals surface area contributed by atoms with Crippen molar-refractivity contribution in [3.05, 3.63) is 11.8 Å². The Kier molecular flexibility index (Phi) is 3.19. The molecule has 0 atom stereocenters. The molecule has 17 heavy (non-hydrogen) atoms. The highest BCUT2D eigenvalue weighted by atomic mass is 16.5.